The Morgan fingerprint density at radius 2 is 2.50 bits per heavy atom. The molecule has 1 N–H and O–H groups in total. The zero-order valence-electron chi connectivity index (χ0n) is 8.77. The van der Waals surface area contributed by atoms with Crippen LogP contribution < -0.4 is 0 Å². The van der Waals surface area contributed by atoms with Gasteiger partial charge < -0.3 is 14.4 Å². The molecule has 0 bridgehead atoms. The van der Waals surface area contributed by atoms with Gasteiger partial charge in [-0.2, -0.15) is 0 Å². The quantitative estimate of drug-likeness (QED) is 0.492. The molecule has 3 rings (SSSR count). The fourth-order valence-corrected chi connectivity index (χ4v) is 2.75. The highest BCUT2D eigenvalue weighted by molar-refractivity contribution is 8.03. The van der Waals surface area contributed by atoms with Crippen LogP contribution in [0.25, 0.3) is 6.08 Å². The summed E-state index contributed by atoms with van der Waals surface area (Å²) in [6, 6.07) is 1.63. The van der Waals surface area contributed by atoms with Gasteiger partial charge in [-0.25, -0.2) is 4.79 Å². The summed E-state index contributed by atoms with van der Waals surface area (Å²) in [7, 11) is 0. The van der Waals surface area contributed by atoms with Crippen molar-refractivity contribution in [2.75, 3.05) is 0 Å². The third-order valence-corrected chi connectivity index (χ3v) is 3.51. The largest absolute Gasteiger partial charge is 0.512 e. The molecule has 1 saturated heterocycles. The van der Waals surface area contributed by atoms with Crippen molar-refractivity contribution in [3.8, 4) is 0 Å². The van der Waals surface area contributed by atoms with E-state index in [-0.39, 0.29) is 17.2 Å². The monoisotopic (exact) mass is 266 g/mol. The van der Waals surface area contributed by atoms with Crippen molar-refractivity contribution in [2.45, 2.75) is 5.37 Å². The smallest absolute Gasteiger partial charge is 0.449 e. The van der Waals surface area contributed by atoms with Gasteiger partial charge in [-0.15, -0.1) is 0 Å². The highest BCUT2D eigenvalue weighted by atomic mass is 32.2. The lowest BCUT2D eigenvalue weighted by molar-refractivity contribution is -0.133. The Labute approximate surface area is 105 Å². The first-order valence-electron chi connectivity index (χ1n) is 4.89. The number of ether oxygens (including phenoxy) is 1. The van der Waals surface area contributed by atoms with Gasteiger partial charge in [0.1, 0.15) is 17.3 Å². The van der Waals surface area contributed by atoms with Crippen LogP contribution in [0.3, 0.4) is 0 Å². The van der Waals surface area contributed by atoms with E-state index in [9.17, 15) is 9.59 Å². The summed E-state index contributed by atoms with van der Waals surface area (Å²) in [6.45, 7) is 0. The summed E-state index contributed by atoms with van der Waals surface area (Å²) in [5.41, 5.74) is 1.08. The third kappa shape index (κ3) is 1.58. The van der Waals surface area contributed by atoms with Crippen LogP contribution in [0.5, 0.6) is 0 Å². The number of carboxylic acid groups (broad SMARTS) is 1. The van der Waals surface area contributed by atoms with Crippen LogP contribution in [0.1, 0.15) is 5.69 Å². The molecule has 1 aromatic heterocycles. The van der Waals surface area contributed by atoms with Crippen molar-refractivity contribution in [2.24, 2.45) is 0 Å². The van der Waals surface area contributed by atoms with Crippen LogP contribution in [-0.4, -0.2) is 32.6 Å². The minimum absolute atomic E-state index is 0.0415. The molecular formula is C10H6N2O5S. The second-order valence-corrected chi connectivity index (χ2v) is 4.47. The first kappa shape index (κ1) is 10.9. The van der Waals surface area contributed by atoms with E-state index in [1.807, 2.05) is 0 Å². The number of rotatable bonds is 2. The second kappa shape index (κ2) is 3.91. The average molecular weight is 266 g/mol. The Hall–Kier alpha value is -2.22. The van der Waals surface area contributed by atoms with Gasteiger partial charge >= 0.3 is 6.16 Å². The number of carbonyl (C=O) groups is 2. The fourth-order valence-electron chi connectivity index (χ4n) is 1.70. The number of amides is 1. The van der Waals surface area contributed by atoms with Gasteiger partial charge in [0.05, 0.1) is 5.57 Å². The van der Waals surface area contributed by atoms with Gasteiger partial charge in [-0.3, -0.25) is 9.69 Å². The normalized spacial score (nSPS) is 23.7. The first-order chi connectivity index (χ1) is 8.66. The van der Waals surface area contributed by atoms with Crippen molar-refractivity contribution in [3.63, 3.8) is 0 Å². The highest BCUT2D eigenvalue weighted by Crippen LogP contribution is 2.45. The molecule has 1 aromatic rings. The lowest BCUT2D eigenvalue weighted by atomic mass is 10.1. The number of aromatic nitrogens is 1. The van der Waals surface area contributed by atoms with Crippen LogP contribution >= 0.6 is 11.8 Å². The number of fused-ring (bicyclic) bond motifs is 1. The van der Waals surface area contributed by atoms with E-state index in [4.69, 9.17) is 5.11 Å². The number of hydrogen-bond acceptors (Lipinski definition) is 6. The molecule has 18 heavy (non-hydrogen) atoms. The highest BCUT2D eigenvalue weighted by Gasteiger charge is 2.49. The Morgan fingerprint density at radius 3 is 3.17 bits per heavy atom. The maximum atomic E-state index is 11.8. The van der Waals surface area contributed by atoms with Crippen molar-refractivity contribution >= 4 is 29.9 Å². The predicted octanol–water partition coefficient (Wildman–Crippen LogP) is 1.47. The lowest BCUT2D eigenvalue weighted by Gasteiger charge is -2.36. The molecule has 3 heterocycles. The predicted molar refractivity (Wildman–Crippen MR) is 59.9 cm³/mol. The van der Waals surface area contributed by atoms with Crippen LogP contribution in [0, 0.1) is 0 Å². The molecule has 8 heteroatoms. The molecule has 1 fully saturated rings. The number of carbonyl (C=O) groups excluding carboxylic acids is 1. The summed E-state index contributed by atoms with van der Waals surface area (Å²) >= 11 is 1.30. The van der Waals surface area contributed by atoms with E-state index in [0.717, 1.165) is 0 Å². The van der Waals surface area contributed by atoms with Crippen LogP contribution in [0.15, 0.2) is 33.7 Å². The Morgan fingerprint density at radius 1 is 1.67 bits per heavy atom. The van der Waals surface area contributed by atoms with Crippen molar-refractivity contribution in [3.05, 3.63) is 34.9 Å². The zero-order valence-corrected chi connectivity index (χ0v) is 9.59. The van der Waals surface area contributed by atoms with Gasteiger partial charge in [0.2, 0.25) is 5.88 Å². The number of nitrogens with zero attached hydrogens (tertiary/aromatic N) is 2. The number of β-lactam (4-membered cyclic amide) rings is 1. The number of thioether (sulfide) groups is 1. The molecule has 0 aromatic carbocycles. The molecule has 1 atom stereocenters. The van der Waals surface area contributed by atoms with E-state index in [0.29, 0.717) is 11.3 Å². The van der Waals surface area contributed by atoms with E-state index < -0.39 is 6.16 Å². The second-order valence-electron chi connectivity index (χ2n) is 3.51. The van der Waals surface area contributed by atoms with Crippen molar-refractivity contribution < 1.29 is 24.0 Å². The summed E-state index contributed by atoms with van der Waals surface area (Å²) in [6.07, 6.45) is 1.58. The fraction of sp³-hybridized carbons (Fsp3) is 0.100. The van der Waals surface area contributed by atoms with Crippen LogP contribution in [0.4, 0.5) is 4.79 Å². The van der Waals surface area contributed by atoms with E-state index >= 15 is 0 Å². The topological polar surface area (TPSA) is 92.9 Å². The van der Waals surface area contributed by atoms with Crippen molar-refractivity contribution in [1.29, 1.82) is 0 Å². The molecule has 2 aliphatic heterocycles. The molecule has 0 saturated carbocycles. The minimum Gasteiger partial charge on any atom is -0.449 e. The molecule has 92 valence electrons. The minimum atomic E-state index is -1.44. The maximum Gasteiger partial charge on any atom is 0.512 e. The third-order valence-electron chi connectivity index (χ3n) is 2.45. The van der Waals surface area contributed by atoms with E-state index in [1.54, 1.807) is 12.1 Å². The Bertz CT molecular complexity index is 577. The summed E-state index contributed by atoms with van der Waals surface area (Å²) < 4.78 is 9.16. The molecular weight excluding hydrogens is 260 g/mol. The molecule has 1 amide bonds. The SMILES string of the molecule is O=C(O)OC1=CS[C@H]2/C(=C\c3ccon3)C(=O)N12. The van der Waals surface area contributed by atoms with Gasteiger partial charge in [0.25, 0.3) is 5.91 Å². The van der Waals surface area contributed by atoms with Crippen molar-refractivity contribution in [1.82, 2.24) is 10.1 Å². The van der Waals surface area contributed by atoms with Gasteiger partial charge in [-0.05, 0) is 6.08 Å². The van der Waals surface area contributed by atoms with Gasteiger partial charge in [0, 0.05) is 11.5 Å². The molecule has 0 unspecified atom stereocenters. The zero-order chi connectivity index (χ0) is 12.7. The molecule has 7 nitrogen and oxygen atoms in total. The molecule has 0 spiro atoms. The van der Waals surface area contributed by atoms with Crippen LogP contribution in [0.2, 0.25) is 0 Å². The summed E-state index contributed by atoms with van der Waals surface area (Å²) in [5, 5.41) is 13.4. The van der Waals surface area contributed by atoms with E-state index in [1.165, 1.54) is 28.3 Å². The standard InChI is InChI=1S/C10H6N2O5S/c13-8-6(3-5-1-2-16-11-5)9-12(8)7(4-18-9)17-10(14)15/h1-4,9H,(H,14,15)/b6-3-/t9-/m0/s1. The average Bonchev–Trinajstić information content (AvgIpc) is 2.92. The molecule has 0 radical (unpaired) electrons. The number of hydrogen-bond donors (Lipinski definition) is 1. The molecule has 2 aliphatic rings. The maximum absolute atomic E-state index is 11.8. The Balaban J connectivity index is 1.79. The first-order valence-corrected chi connectivity index (χ1v) is 5.83. The Kier molecular flexibility index (Phi) is 2.37. The molecule has 0 aliphatic carbocycles. The lowest BCUT2D eigenvalue weighted by Crippen LogP contribution is -2.50. The van der Waals surface area contributed by atoms with Gasteiger partial charge in [0.15, 0.2) is 0 Å². The van der Waals surface area contributed by atoms with Crippen LogP contribution in [-0.2, 0) is 9.53 Å². The summed E-state index contributed by atoms with van der Waals surface area (Å²) in [4.78, 5) is 23.5. The summed E-state index contributed by atoms with van der Waals surface area (Å²) in [5.74, 6) is -0.250. The van der Waals surface area contributed by atoms with Gasteiger partial charge in [-0.1, -0.05) is 16.9 Å². The van der Waals surface area contributed by atoms with E-state index in [2.05, 4.69) is 14.4 Å².